The highest BCUT2D eigenvalue weighted by Crippen LogP contribution is 2.37. The van der Waals surface area contributed by atoms with Gasteiger partial charge in [-0.15, -0.1) is 0 Å². The Morgan fingerprint density at radius 3 is 2.38 bits per heavy atom. The third-order valence-corrected chi connectivity index (χ3v) is 4.63. The van der Waals surface area contributed by atoms with E-state index in [0.717, 1.165) is 5.56 Å². The molecule has 1 heterocycles. The van der Waals surface area contributed by atoms with Crippen LogP contribution in [0.2, 0.25) is 13.1 Å². The van der Waals surface area contributed by atoms with Crippen LogP contribution in [0.25, 0.3) is 0 Å². The van der Waals surface area contributed by atoms with Crippen molar-refractivity contribution in [1.29, 1.82) is 0 Å². The Labute approximate surface area is 156 Å². The van der Waals surface area contributed by atoms with E-state index in [1.54, 1.807) is 0 Å². The molecule has 1 aromatic heterocycles. The fourth-order valence-electron chi connectivity index (χ4n) is 2.64. The number of hydrogen-bond acceptors (Lipinski definition) is 5. The van der Waals surface area contributed by atoms with E-state index in [2.05, 4.69) is 13.1 Å². The maximum absolute atomic E-state index is 12.6. The second kappa shape index (κ2) is 8.66. The summed E-state index contributed by atoms with van der Waals surface area (Å²) in [6, 6.07) is 11.0. The van der Waals surface area contributed by atoms with Crippen molar-refractivity contribution in [3.63, 3.8) is 0 Å². The van der Waals surface area contributed by atoms with Crippen molar-refractivity contribution in [3.05, 3.63) is 63.7 Å². The predicted molar refractivity (Wildman–Crippen MR) is 104 cm³/mol. The highest BCUT2D eigenvalue weighted by atomic mass is 28.3. The topological polar surface area (TPSA) is 68.9 Å². The van der Waals surface area contributed by atoms with Crippen LogP contribution in [0.5, 0.6) is 5.75 Å². The Morgan fingerprint density at radius 2 is 1.85 bits per heavy atom. The summed E-state index contributed by atoms with van der Waals surface area (Å²) in [4.78, 5) is 12.6. The van der Waals surface area contributed by atoms with Crippen LogP contribution in [0.3, 0.4) is 0 Å². The number of rotatable bonds is 7. The molecule has 2 rings (SSSR count). The number of ether oxygens (including phenoxy) is 1. The minimum atomic E-state index is -1.36. The van der Waals surface area contributed by atoms with Crippen molar-refractivity contribution in [2.45, 2.75) is 53.2 Å². The molecule has 0 aliphatic rings. The number of aliphatic hydroxyl groups excluding tert-OH is 1. The van der Waals surface area contributed by atoms with Crippen molar-refractivity contribution >= 4 is 9.04 Å². The standard InChI is InChI=1S/C20H28O5Si/c1-20(2,3)19(25-26(4)5)16-11-15(22)18(17(12-21)24-16)23-13-14-9-7-6-8-10-14/h6-11,19,21,26H,12-13H2,1-5H3. The van der Waals surface area contributed by atoms with Gasteiger partial charge >= 0.3 is 0 Å². The molecule has 0 aliphatic heterocycles. The van der Waals surface area contributed by atoms with E-state index in [1.165, 1.54) is 6.07 Å². The van der Waals surface area contributed by atoms with Gasteiger partial charge in [-0.1, -0.05) is 51.1 Å². The quantitative estimate of drug-likeness (QED) is 0.745. The summed E-state index contributed by atoms with van der Waals surface area (Å²) in [7, 11) is -1.36. The highest BCUT2D eigenvalue weighted by Gasteiger charge is 2.31. The second-order valence-electron chi connectivity index (χ2n) is 7.63. The van der Waals surface area contributed by atoms with Gasteiger partial charge in [0.15, 0.2) is 14.8 Å². The molecule has 0 amide bonds. The Bertz CT molecular complexity index is 762. The minimum absolute atomic E-state index is 0.0505. The van der Waals surface area contributed by atoms with E-state index in [-0.39, 0.29) is 35.1 Å². The van der Waals surface area contributed by atoms with Gasteiger partial charge in [0.25, 0.3) is 0 Å². The zero-order chi connectivity index (χ0) is 19.3. The van der Waals surface area contributed by atoms with Crippen LogP contribution in [0, 0.1) is 5.41 Å². The highest BCUT2D eigenvalue weighted by molar-refractivity contribution is 6.48. The SMILES string of the molecule is C[SiH](C)OC(c1cc(=O)c(OCc2ccccc2)c(CO)o1)C(C)(C)C. The van der Waals surface area contributed by atoms with E-state index in [9.17, 15) is 9.90 Å². The summed E-state index contributed by atoms with van der Waals surface area (Å²) >= 11 is 0. The molecule has 6 heteroatoms. The van der Waals surface area contributed by atoms with E-state index < -0.39 is 15.6 Å². The zero-order valence-corrected chi connectivity index (χ0v) is 17.3. The third-order valence-electron chi connectivity index (χ3n) is 3.81. The van der Waals surface area contributed by atoms with Gasteiger partial charge in [-0.3, -0.25) is 4.79 Å². The molecular weight excluding hydrogens is 348 g/mol. The molecule has 0 saturated carbocycles. The lowest BCUT2D eigenvalue weighted by atomic mass is 9.87. The van der Waals surface area contributed by atoms with E-state index in [4.69, 9.17) is 13.6 Å². The van der Waals surface area contributed by atoms with E-state index in [1.807, 2.05) is 51.1 Å². The van der Waals surface area contributed by atoms with Gasteiger partial charge in [0.1, 0.15) is 25.1 Å². The second-order valence-corrected chi connectivity index (χ2v) is 10.00. The Kier molecular flexibility index (Phi) is 6.80. The Hall–Kier alpha value is -1.89. The van der Waals surface area contributed by atoms with Crippen LogP contribution in [0.1, 0.15) is 44.0 Å². The average Bonchev–Trinajstić information content (AvgIpc) is 2.57. The number of benzene rings is 1. The third kappa shape index (κ3) is 5.30. The summed E-state index contributed by atoms with van der Waals surface area (Å²) in [5.41, 5.74) is 0.378. The first kappa shape index (κ1) is 20.4. The van der Waals surface area contributed by atoms with Crippen LogP contribution in [-0.2, 0) is 17.6 Å². The molecular formula is C20H28O5Si. The van der Waals surface area contributed by atoms with Gasteiger partial charge in [0.05, 0.1) is 0 Å². The summed E-state index contributed by atoms with van der Waals surface area (Å²) in [5.74, 6) is 0.612. The number of aliphatic hydroxyl groups is 1. The Morgan fingerprint density at radius 1 is 1.19 bits per heavy atom. The molecule has 0 saturated heterocycles. The molecule has 5 nitrogen and oxygen atoms in total. The Balaban J connectivity index is 2.34. The van der Waals surface area contributed by atoms with Crippen molar-refractivity contribution in [1.82, 2.24) is 0 Å². The van der Waals surface area contributed by atoms with Crippen LogP contribution in [0.15, 0.2) is 45.6 Å². The maximum Gasteiger partial charge on any atom is 0.227 e. The molecule has 1 N–H and O–H groups in total. The summed E-state index contributed by atoms with van der Waals surface area (Å²) in [5, 5.41) is 9.69. The zero-order valence-electron chi connectivity index (χ0n) is 16.1. The molecule has 0 aliphatic carbocycles. The molecule has 0 fully saturated rings. The molecule has 0 radical (unpaired) electrons. The fourth-order valence-corrected chi connectivity index (χ4v) is 3.72. The lowest BCUT2D eigenvalue weighted by Crippen LogP contribution is -2.27. The molecule has 1 atom stereocenters. The monoisotopic (exact) mass is 376 g/mol. The minimum Gasteiger partial charge on any atom is -0.482 e. The normalized spacial score (nSPS) is 13.0. The molecule has 142 valence electrons. The van der Waals surface area contributed by atoms with Crippen molar-refractivity contribution in [2.24, 2.45) is 5.41 Å². The van der Waals surface area contributed by atoms with Crippen molar-refractivity contribution in [2.75, 3.05) is 0 Å². The summed E-state index contributed by atoms with van der Waals surface area (Å²) in [6.07, 6.45) is -0.352. The summed E-state index contributed by atoms with van der Waals surface area (Å²) in [6.45, 7) is 10.1. The predicted octanol–water partition coefficient (Wildman–Crippen LogP) is 3.80. The van der Waals surface area contributed by atoms with Gasteiger partial charge in [0.2, 0.25) is 11.2 Å². The van der Waals surface area contributed by atoms with Gasteiger partial charge in [-0.05, 0) is 24.1 Å². The van der Waals surface area contributed by atoms with Crippen LogP contribution in [-0.4, -0.2) is 14.1 Å². The summed E-state index contributed by atoms with van der Waals surface area (Å²) < 4.78 is 17.6. The maximum atomic E-state index is 12.6. The number of hydrogen-bond donors (Lipinski definition) is 1. The van der Waals surface area contributed by atoms with Crippen LogP contribution < -0.4 is 10.2 Å². The fraction of sp³-hybridized carbons (Fsp3) is 0.450. The van der Waals surface area contributed by atoms with Gasteiger partial charge in [-0.2, -0.15) is 0 Å². The van der Waals surface area contributed by atoms with E-state index in [0.29, 0.717) is 5.76 Å². The molecule has 2 aromatic rings. The van der Waals surface area contributed by atoms with Crippen LogP contribution in [0.4, 0.5) is 0 Å². The van der Waals surface area contributed by atoms with Gasteiger partial charge < -0.3 is 18.7 Å². The lowest BCUT2D eigenvalue weighted by Gasteiger charge is -2.31. The first-order valence-corrected chi connectivity index (χ1v) is 11.6. The average molecular weight is 377 g/mol. The molecule has 0 spiro atoms. The first-order valence-electron chi connectivity index (χ1n) is 8.82. The van der Waals surface area contributed by atoms with Crippen molar-refractivity contribution in [3.8, 4) is 5.75 Å². The molecule has 1 aromatic carbocycles. The molecule has 0 bridgehead atoms. The molecule has 1 unspecified atom stereocenters. The molecule has 26 heavy (non-hydrogen) atoms. The first-order chi connectivity index (χ1) is 12.2. The van der Waals surface area contributed by atoms with Gasteiger partial charge in [0, 0.05) is 6.07 Å². The smallest absolute Gasteiger partial charge is 0.227 e. The lowest BCUT2D eigenvalue weighted by molar-refractivity contribution is 0.0597. The van der Waals surface area contributed by atoms with E-state index >= 15 is 0 Å². The van der Waals surface area contributed by atoms with Gasteiger partial charge in [-0.25, -0.2) is 0 Å². The van der Waals surface area contributed by atoms with Crippen molar-refractivity contribution < 1.29 is 18.7 Å². The van der Waals surface area contributed by atoms with Crippen LogP contribution >= 0.6 is 0 Å². The largest absolute Gasteiger partial charge is 0.482 e.